The number of carboxylic acids is 1. The quantitative estimate of drug-likeness (QED) is 0.256. The Morgan fingerprint density at radius 3 is 2.30 bits per heavy atom. The van der Waals surface area contributed by atoms with Crippen LogP contribution < -0.4 is 10.4 Å². The highest BCUT2D eigenvalue weighted by Gasteiger charge is 2.21. The first-order chi connectivity index (χ1) is 19.1. The van der Waals surface area contributed by atoms with Gasteiger partial charge in [-0.25, -0.2) is 0 Å². The number of carbonyl (C=O) groups is 2. The smallest absolute Gasteiger partial charge is 0.252 e. The minimum absolute atomic E-state index is 0.0248. The molecule has 3 aromatic rings. The van der Waals surface area contributed by atoms with E-state index in [4.69, 9.17) is 4.74 Å². The number of amides is 1. The summed E-state index contributed by atoms with van der Waals surface area (Å²) in [6, 6.07) is 22.9. The molecule has 0 aliphatic rings. The maximum absolute atomic E-state index is 13.3. The highest BCUT2D eigenvalue weighted by molar-refractivity contribution is 8.00. The summed E-state index contributed by atoms with van der Waals surface area (Å²) in [7, 11) is 0. The Morgan fingerprint density at radius 1 is 0.950 bits per heavy atom. The third-order valence-electron chi connectivity index (χ3n) is 6.46. The van der Waals surface area contributed by atoms with Gasteiger partial charge in [-0.3, -0.25) is 4.79 Å². The van der Waals surface area contributed by atoms with Gasteiger partial charge in [-0.15, -0.1) is 0 Å². The fourth-order valence-electron chi connectivity index (χ4n) is 4.30. The van der Waals surface area contributed by atoms with Gasteiger partial charge in [0, 0.05) is 16.1 Å². The second-order valence-corrected chi connectivity index (χ2v) is 13.7. The third kappa shape index (κ3) is 10.0. The van der Waals surface area contributed by atoms with Crippen molar-refractivity contribution in [2.75, 3.05) is 17.8 Å². The largest absolute Gasteiger partial charge is 0.548 e. The number of carbonyl (C=O) groups excluding carboxylic acids is 2. The molecule has 0 bridgehead atoms. The van der Waals surface area contributed by atoms with Crippen LogP contribution in [-0.4, -0.2) is 46.5 Å². The van der Waals surface area contributed by atoms with Crippen LogP contribution in [0.4, 0.5) is 0 Å². The standard InChI is InChI=1S/C33H41NO4S2/c1-23-11-9-10-14-27(23)29-20-25(15-16-28(29)31(35)34-30(32(36)37)17-18-39-5)21-38-26(22-40-33(2,3)4)19-24-12-7-6-8-13-24/h6-16,20,26,30H,17-19,21-22H2,1-5H3,(H,34,35)(H,36,37)/p-1/t26-,30-/m0/s1. The SMILES string of the molecule is CSCC[C@H](NC(=O)c1ccc(CO[C@H](CSC(C)(C)C)Cc2ccccc2)cc1-c1ccccc1C)C(=O)[O-]. The Hall–Kier alpha value is -2.74. The molecule has 40 heavy (non-hydrogen) atoms. The summed E-state index contributed by atoms with van der Waals surface area (Å²) in [6.07, 6.45) is 3.04. The fourth-order valence-corrected chi connectivity index (χ4v) is 5.67. The molecular formula is C33H40NO4S2-. The molecule has 0 aromatic heterocycles. The molecular weight excluding hydrogens is 539 g/mol. The van der Waals surface area contributed by atoms with Crippen molar-refractivity contribution in [1.82, 2.24) is 5.32 Å². The molecule has 1 amide bonds. The zero-order valence-electron chi connectivity index (χ0n) is 24.1. The van der Waals surface area contributed by atoms with E-state index in [0.717, 1.165) is 34.4 Å². The summed E-state index contributed by atoms with van der Waals surface area (Å²) >= 11 is 3.41. The second-order valence-electron chi connectivity index (χ2n) is 10.9. The fraction of sp³-hybridized carbons (Fsp3) is 0.394. The van der Waals surface area contributed by atoms with E-state index in [2.05, 4.69) is 38.2 Å². The van der Waals surface area contributed by atoms with Crippen LogP contribution in [0.15, 0.2) is 72.8 Å². The van der Waals surface area contributed by atoms with E-state index < -0.39 is 17.9 Å². The highest BCUT2D eigenvalue weighted by atomic mass is 32.2. The van der Waals surface area contributed by atoms with Gasteiger partial charge >= 0.3 is 0 Å². The van der Waals surface area contributed by atoms with Gasteiger partial charge in [0.15, 0.2) is 0 Å². The molecule has 0 spiro atoms. The molecule has 0 unspecified atom stereocenters. The van der Waals surface area contributed by atoms with Crippen LogP contribution in [0, 0.1) is 6.92 Å². The van der Waals surface area contributed by atoms with E-state index >= 15 is 0 Å². The zero-order chi connectivity index (χ0) is 29.1. The maximum Gasteiger partial charge on any atom is 0.252 e. The van der Waals surface area contributed by atoms with Gasteiger partial charge in [-0.1, -0.05) is 81.4 Å². The number of ether oxygens (including phenoxy) is 1. The van der Waals surface area contributed by atoms with Crippen molar-refractivity contribution in [3.63, 3.8) is 0 Å². The number of carboxylic acid groups (broad SMARTS) is 1. The van der Waals surface area contributed by atoms with Crippen LogP contribution in [0.3, 0.4) is 0 Å². The first-order valence-corrected chi connectivity index (χ1v) is 15.9. The number of hydrogen-bond acceptors (Lipinski definition) is 6. The molecule has 0 aliphatic heterocycles. The van der Waals surface area contributed by atoms with E-state index in [1.165, 1.54) is 17.3 Å². The zero-order valence-corrected chi connectivity index (χ0v) is 25.7. The number of nitrogens with one attached hydrogen (secondary N) is 1. The lowest BCUT2D eigenvalue weighted by Gasteiger charge is -2.24. The van der Waals surface area contributed by atoms with Crippen molar-refractivity contribution in [2.24, 2.45) is 0 Å². The van der Waals surface area contributed by atoms with E-state index in [-0.39, 0.29) is 10.9 Å². The van der Waals surface area contributed by atoms with Gasteiger partial charge in [0.25, 0.3) is 5.91 Å². The van der Waals surface area contributed by atoms with Crippen molar-refractivity contribution < 1.29 is 19.4 Å². The Kier molecular flexibility index (Phi) is 12.2. The summed E-state index contributed by atoms with van der Waals surface area (Å²) in [5, 5.41) is 14.4. The van der Waals surface area contributed by atoms with E-state index in [1.807, 2.05) is 79.5 Å². The van der Waals surface area contributed by atoms with E-state index in [1.54, 1.807) is 6.07 Å². The number of benzene rings is 3. The Morgan fingerprint density at radius 2 is 1.65 bits per heavy atom. The van der Waals surface area contributed by atoms with Crippen molar-refractivity contribution >= 4 is 35.4 Å². The average molecular weight is 579 g/mol. The van der Waals surface area contributed by atoms with Gasteiger partial charge in [-0.2, -0.15) is 23.5 Å². The molecule has 0 aliphatic carbocycles. The van der Waals surface area contributed by atoms with Gasteiger partial charge in [-0.05, 0) is 71.7 Å². The number of thioether (sulfide) groups is 2. The molecule has 0 fully saturated rings. The van der Waals surface area contributed by atoms with Crippen LogP contribution in [0.2, 0.25) is 0 Å². The Bertz CT molecular complexity index is 1260. The molecule has 3 aromatic carbocycles. The topological polar surface area (TPSA) is 78.5 Å². The van der Waals surface area contributed by atoms with Crippen LogP contribution >= 0.6 is 23.5 Å². The predicted molar refractivity (Wildman–Crippen MR) is 167 cm³/mol. The lowest BCUT2D eigenvalue weighted by Crippen LogP contribution is -2.48. The second kappa shape index (κ2) is 15.3. The lowest BCUT2D eigenvalue weighted by atomic mass is 9.93. The molecule has 5 nitrogen and oxygen atoms in total. The molecule has 0 heterocycles. The molecule has 2 atom stereocenters. The number of aliphatic carboxylic acids is 1. The Labute approximate surface area is 247 Å². The Balaban J connectivity index is 1.87. The van der Waals surface area contributed by atoms with Crippen molar-refractivity contribution in [1.29, 1.82) is 0 Å². The highest BCUT2D eigenvalue weighted by Crippen LogP contribution is 2.30. The maximum atomic E-state index is 13.3. The summed E-state index contributed by atoms with van der Waals surface area (Å²) in [4.78, 5) is 25.0. The molecule has 214 valence electrons. The first kappa shape index (κ1) is 31.8. The molecule has 0 radical (unpaired) electrons. The summed E-state index contributed by atoms with van der Waals surface area (Å²) < 4.78 is 6.61. The van der Waals surface area contributed by atoms with Crippen LogP contribution in [0.5, 0.6) is 0 Å². The van der Waals surface area contributed by atoms with Crippen molar-refractivity contribution in [3.05, 3.63) is 95.1 Å². The normalized spacial score (nSPS) is 13.0. The average Bonchev–Trinajstić information content (AvgIpc) is 2.92. The van der Waals surface area contributed by atoms with Crippen molar-refractivity contribution in [3.8, 4) is 11.1 Å². The first-order valence-electron chi connectivity index (χ1n) is 13.6. The van der Waals surface area contributed by atoms with Crippen molar-refractivity contribution in [2.45, 2.75) is 64.0 Å². The lowest BCUT2D eigenvalue weighted by molar-refractivity contribution is -0.308. The van der Waals surface area contributed by atoms with E-state index in [0.29, 0.717) is 24.3 Å². The summed E-state index contributed by atoms with van der Waals surface area (Å²) in [6.45, 7) is 9.03. The van der Waals surface area contributed by atoms with Gasteiger partial charge in [0.1, 0.15) is 0 Å². The minimum atomic E-state index is -1.28. The van der Waals surface area contributed by atoms with Crippen LogP contribution in [0.1, 0.15) is 54.2 Å². The monoisotopic (exact) mass is 578 g/mol. The molecule has 3 rings (SSSR count). The van der Waals surface area contributed by atoms with Gasteiger partial charge in [0.05, 0.1) is 24.7 Å². The molecule has 7 heteroatoms. The van der Waals surface area contributed by atoms with Gasteiger partial charge in [0.2, 0.25) is 0 Å². The third-order valence-corrected chi connectivity index (χ3v) is 8.51. The summed E-state index contributed by atoms with van der Waals surface area (Å²) in [5.74, 6) is -0.228. The van der Waals surface area contributed by atoms with Gasteiger partial charge < -0.3 is 20.0 Å². The molecule has 0 saturated heterocycles. The summed E-state index contributed by atoms with van der Waals surface area (Å²) in [5.41, 5.74) is 5.32. The number of rotatable bonds is 14. The van der Waals surface area contributed by atoms with Crippen LogP contribution in [-0.2, 0) is 22.6 Å². The number of aryl methyl sites for hydroxylation is 1. The minimum Gasteiger partial charge on any atom is -0.548 e. The molecule has 1 N–H and O–H groups in total. The predicted octanol–water partition coefficient (Wildman–Crippen LogP) is 5.92. The number of hydrogen-bond donors (Lipinski definition) is 1. The molecule has 0 saturated carbocycles. The van der Waals surface area contributed by atoms with E-state index in [9.17, 15) is 14.7 Å². The van der Waals surface area contributed by atoms with Crippen LogP contribution in [0.25, 0.3) is 11.1 Å².